The Balaban J connectivity index is 2.42. The van der Waals surface area contributed by atoms with E-state index >= 15 is 0 Å². The highest BCUT2D eigenvalue weighted by Gasteiger charge is 2.44. The van der Waals surface area contributed by atoms with Gasteiger partial charge in [-0.3, -0.25) is 4.79 Å². The number of hydrogen-bond acceptors (Lipinski definition) is 9. The van der Waals surface area contributed by atoms with Crippen molar-refractivity contribution in [1.82, 2.24) is 5.32 Å². The molecular formula is C46H87NO9. The molecule has 0 radical (unpaired) electrons. The molecule has 8 atom stereocenters. The van der Waals surface area contributed by atoms with Crippen molar-refractivity contribution < 1.29 is 44.9 Å². The van der Waals surface area contributed by atoms with Crippen LogP contribution in [0.15, 0.2) is 24.3 Å². The van der Waals surface area contributed by atoms with E-state index in [-0.39, 0.29) is 6.61 Å². The molecule has 0 aromatic heterocycles. The quantitative estimate of drug-likeness (QED) is 0.0239. The molecule has 0 aromatic carbocycles. The van der Waals surface area contributed by atoms with Gasteiger partial charge in [0.15, 0.2) is 6.29 Å². The fraction of sp³-hybridized carbons (Fsp3) is 0.891. The van der Waals surface area contributed by atoms with Gasteiger partial charge in [-0.25, -0.2) is 0 Å². The van der Waals surface area contributed by atoms with E-state index < -0.39 is 61.5 Å². The highest BCUT2D eigenvalue weighted by molar-refractivity contribution is 5.80. The Bertz CT molecular complexity index is 948. The Labute approximate surface area is 341 Å². The van der Waals surface area contributed by atoms with Gasteiger partial charge in [-0.1, -0.05) is 192 Å². The minimum atomic E-state index is -1.61. The van der Waals surface area contributed by atoms with Gasteiger partial charge in [0.25, 0.3) is 0 Å². The molecule has 0 bridgehead atoms. The standard InChI is InChI=1S/C46H87NO9/c1-3-5-7-9-11-13-15-17-19-20-21-23-25-27-29-31-33-35-40(50)45(54)47-38(37-55-46-44(53)43(52)42(51)41(36-48)56-46)39(49)34-32-30-28-26-24-22-18-16-14-12-10-8-6-4-2/h24,26,32,34,38-44,46,48-53H,3-23,25,27-31,33,35-37H2,1-2H3,(H,47,54)/b26-24+,34-32+. The number of nitrogens with one attached hydrogen (secondary N) is 1. The largest absolute Gasteiger partial charge is 0.394 e. The predicted molar refractivity (Wildman–Crippen MR) is 227 cm³/mol. The van der Waals surface area contributed by atoms with Crippen LogP contribution < -0.4 is 5.32 Å². The summed E-state index contributed by atoms with van der Waals surface area (Å²) in [5, 5.41) is 64.6. The number of amides is 1. The van der Waals surface area contributed by atoms with Gasteiger partial charge in [0.2, 0.25) is 5.91 Å². The first-order chi connectivity index (χ1) is 27.3. The van der Waals surface area contributed by atoms with Gasteiger partial charge in [0.1, 0.15) is 30.5 Å². The Kier molecular flexibility index (Phi) is 34.5. The first-order valence-corrected chi connectivity index (χ1v) is 23.2. The van der Waals surface area contributed by atoms with Crippen LogP contribution in [0.2, 0.25) is 0 Å². The van der Waals surface area contributed by atoms with Crippen LogP contribution in [0.4, 0.5) is 0 Å². The Hall–Kier alpha value is -1.37. The third kappa shape index (κ3) is 26.6. The second-order valence-electron chi connectivity index (χ2n) is 16.3. The molecule has 330 valence electrons. The normalized spacial score (nSPS) is 21.9. The van der Waals surface area contributed by atoms with Gasteiger partial charge in [0.05, 0.1) is 25.4 Å². The molecule has 0 spiro atoms. The van der Waals surface area contributed by atoms with Crippen LogP contribution in [0.25, 0.3) is 0 Å². The highest BCUT2D eigenvalue weighted by atomic mass is 16.7. The van der Waals surface area contributed by atoms with E-state index in [4.69, 9.17) is 9.47 Å². The number of carbonyl (C=O) groups excluding carboxylic acids is 1. The van der Waals surface area contributed by atoms with Crippen LogP contribution in [0.3, 0.4) is 0 Å². The number of aliphatic hydroxyl groups is 6. The molecule has 10 nitrogen and oxygen atoms in total. The summed E-state index contributed by atoms with van der Waals surface area (Å²) in [6.07, 6.45) is 32.6. The SMILES string of the molecule is CCCCCCCCCC/C=C/CC/C=C/C(O)C(COC1OC(CO)C(O)C(O)C1O)NC(=O)C(O)CCCCCCCCCCCCCCCCCCC. The van der Waals surface area contributed by atoms with Gasteiger partial charge in [-0.2, -0.15) is 0 Å². The number of unbranched alkanes of at least 4 members (excludes halogenated alkanes) is 25. The monoisotopic (exact) mass is 798 g/mol. The van der Waals surface area contributed by atoms with Crippen LogP contribution in [0.1, 0.15) is 200 Å². The van der Waals surface area contributed by atoms with Crippen molar-refractivity contribution >= 4 is 5.91 Å². The van der Waals surface area contributed by atoms with Crippen LogP contribution in [-0.2, 0) is 14.3 Å². The topological polar surface area (TPSA) is 169 Å². The van der Waals surface area contributed by atoms with E-state index in [1.165, 1.54) is 135 Å². The second kappa shape index (κ2) is 36.7. The number of allylic oxidation sites excluding steroid dienone is 3. The first-order valence-electron chi connectivity index (χ1n) is 23.2. The molecule has 1 rings (SSSR count). The van der Waals surface area contributed by atoms with Crippen molar-refractivity contribution in [2.45, 2.75) is 249 Å². The van der Waals surface area contributed by atoms with E-state index in [9.17, 15) is 35.4 Å². The summed E-state index contributed by atoms with van der Waals surface area (Å²) in [5.74, 6) is -0.625. The molecule has 7 N–H and O–H groups in total. The predicted octanol–water partition coefficient (Wildman–Crippen LogP) is 8.47. The maximum atomic E-state index is 13.0. The molecule has 10 heteroatoms. The van der Waals surface area contributed by atoms with Gasteiger partial charge in [0, 0.05) is 0 Å². The molecular weight excluding hydrogens is 711 g/mol. The summed E-state index contributed by atoms with van der Waals surface area (Å²) in [5.41, 5.74) is 0. The minimum Gasteiger partial charge on any atom is -0.394 e. The van der Waals surface area contributed by atoms with Crippen molar-refractivity contribution in [1.29, 1.82) is 0 Å². The minimum absolute atomic E-state index is 0.307. The molecule has 0 aliphatic carbocycles. The molecule has 0 saturated carbocycles. The Morgan fingerprint density at radius 2 is 1.05 bits per heavy atom. The van der Waals surface area contributed by atoms with Crippen LogP contribution in [0.5, 0.6) is 0 Å². The maximum absolute atomic E-state index is 13.0. The number of hydrogen-bond donors (Lipinski definition) is 7. The van der Waals surface area contributed by atoms with Crippen LogP contribution in [-0.4, -0.2) is 98.7 Å². The van der Waals surface area contributed by atoms with Gasteiger partial charge in [-0.15, -0.1) is 0 Å². The highest BCUT2D eigenvalue weighted by Crippen LogP contribution is 2.23. The van der Waals surface area contributed by atoms with Crippen molar-refractivity contribution in [3.8, 4) is 0 Å². The fourth-order valence-electron chi connectivity index (χ4n) is 7.30. The van der Waals surface area contributed by atoms with Crippen LogP contribution >= 0.6 is 0 Å². The summed E-state index contributed by atoms with van der Waals surface area (Å²) >= 11 is 0. The van der Waals surface area contributed by atoms with Crippen molar-refractivity contribution in [2.75, 3.05) is 13.2 Å². The summed E-state index contributed by atoms with van der Waals surface area (Å²) < 4.78 is 11.1. The van der Waals surface area contributed by atoms with Gasteiger partial charge in [-0.05, 0) is 32.1 Å². The molecule has 1 fully saturated rings. The summed E-state index contributed by atoms with van der Waals surface area (Å²) in [7, 11) is 0. The third-order valence-electron chi connectivity index (χ3n) is 11.1. The lowest BCUT2D eigenvalue weighted by atomic mass is 9.99. The van der Waals surface area contributed by atoms with E-state index in [2.05, 4.69) is 31.3 Å². The lowest BCUT2D eigenvalue weighted by Crippen LogP contribution is -2.60. The number of ether oxygens (including phenoxy) is 2. The van der Waals surface area contributed by atoms with Crippen molar-refractivity contribution in [3.05, 3.63) is 24.3 Å². The number of carbonyl (C=O) groups is 1. The number of aliphatic hydroxyl groups excluding tert-OH is 6. The molecule has 1 aliphatic heterocycles. The van der Waals surface area contributed by atoms with E-state index in [0.717, 1.165) is 32.1 Å². The zero-order valence-corrected chi connectivity index (χ0v) is 35.8. The average Bonchev–Trinajstić information content (AvgIpc) is 3.20. The van der Waals surface area contributed by atoms with Gasteiger partial charge >= 0.3 is 0 Å². The van der Waals surface area contributed by atoms with Crippen molar-refractivity contribution in [3.63, 3.8) is 0 Å². The Morgan fingerprint density at radius 3 is 1.55 bits per heavy atom. The molecule has 1 amide bonds. The molecule has 1 heterocycles. The molecule has 0 aromatic rings. The van der Waals surface area contributed by atoms with E-state index in [1.807, 2.05) is 6.08 Å². The lowest BCUT2D eigenvalue weighted by Gasteiger charge is -2.40. The first kappa shape index (κ1) is 52.6. The zero-order chi connectivity index (χ0) is 41.1. The zero-order valence-electron chi connectivity index (χ0n) is 35.8. The number of rotatable bonds is 38. The maximum Gasteiger partial charge on any atom is 0.249 e. The molecule has 1 aliphatic rings. The Morgan fingerprint density at radius 1 is 0.607 bits per heavy atom. The third-order valence-corrected chi connectivity index (χ3v) is 11.1. The molecule has 1 saturated heterocycles. The lowest BCUT2D eigenvalue weighted by molar-refractivity contribution is -0.302. The molecule has 56 heavy (non-hydrogen) atoms. The van der Waals surface area contributed by atoms with E-state index in [0.29, 0.717) is 19.3 Å². The smallest absolute Gasteiger partial charge is 0.249 e. The van der Waals surface area contributed by atoms with Gasteiger partial charge < -0.3 is 45.4 Å². The summed E-state index contributed by atoms with van der Waals surface area (Å²) in [6.45, 7) is 3.58. The molecule has 8 unspecified atom stereocenters. The van der Waals surface area contributed by atoms with Crippen LogP contribution in [0, 0.1) is 0 Å². The van der Waals surface area contributed by atoms with E-state index in [1.54, 1.807) is 6.08 Å². The summed E-state index contributed by atoms with van der Waals surface area (Å²) in [4.78, 5) is 13.0. The summed E-state index contributed by atoms with van der Waals surface area (Å²) in [6, 6.07) is -0.992. The second-order valence-corrected chi connectivity index (χ2v) is 16.3. The fourth-order valence-corrected chi connectivity index (χ4v) is 7.30. The van der Waals surface area contributed by atoms with Crippen molar-refractivity contribution in [2.24, 2.45) is 0 Å². The average molecular weight is 798 g/mol.